The van der Waals surface area contributed by atoms with Crippen molar-refractivity contribution in [3.8, 4) is 0 Å². The number of unbranched alkanes of at least 4 members (excludes halogenated alkanes) is 41. The average molecular weight is 1450 g/mol. The third-order valence-electron chi connectivity index (χ3n) is 17.4. The third-order valence-corrected chi connectivity index (χ3v) is 19.3. The summed E-state index contributed by atoms with van der Waals surface area (Å²) < 4.78 is 67.7. The van der Waals surface area contributed by atoms with Crippen molar-refractivity contribution >= 4 is 39.5 Å². The van der Waals surface area contributed by atoms with Crippen molar-refractivity contribution in [2.24, 2.45) is 0 Å². The van der Waals surface area contributed by atoms with Crippen molar-refractivity contribution < 1.29 is 80.2 Å². The molecule has 584 valence electrons. The molecular weight excluding hydrogens is 1310 g/mol. The first kappa shape index (κ1) is 96.8. The molecule has 17 nitrogen and oxygen atoms in total. The van der Waals surface area contributed by atoms with Gasteiger partial charge >= 0.3 is 23.9 Å². The molecular formula is C81H146O17P2-2. The molecule has 0 bridgehead atoms. The first-order valence-corrected chi connectivity index (χ1v) is 43.4. The van der Waals surface area contributed by atoms with Crippen LogP contribution in [0.5, 0.6) is 0 Å². The van der Waals surface area contributed by atoms with Crippen molar-refractivity contribution in [2.45, 2.75) is 393 Å². The molecule has 0 amide bonds. The summed E-state index contributed by atoms with van der Waals surface area (Å²) in [5, 5.41) is 10.6. The fourth-order valence-electron chi connectivity index (χ4n) is 11.2. The van der Waals surface area contributed by atoms with E-state index < -0.39 is 97.5 Å². The van der Waals surface area contributed by atoms with Gasteiger partial charge in [-0.3, -0.25) is 28.3 Å². The Morgan fingerprint density at radius 1 is 0.290 bits per heavy atom. The zero-order chi connectivity index (χ0) is 73.2. The lowest BCUT2D eigenvalue weighted by atomic mass is 10.1. The maximum Gasteiger partial charge on any atom is 0.306 e. The van der Waals surface area contributed by atoms with Crippen LogP contribution < -0.4 is 9.79 Å². The number of phosphoric acid groups is 2. The first-order chi connectivity index (χ1) is 48.7. The van der Waals surface area contributed by atoms with E-state index in [1.807, 2.05) is 0 Å². The molecule has 3 unspecified atom stereocenters. The lowest BCUT2D eigenvalue weighted by Gasteiger charge is -2.28. The first-order valence-electron chi connectivity index (χ1n) is 40.5. The SMILES string of the molecule is CCCCC/C=C\C/C=C\CCCCCCCC(=O)O[C@H](COC(=O)CCCCCCC/C=C\CCCCCCCC)COP(=O)([O-])OCC(O)COP(=O)([O-])OC[C@@H](COC(=O)CCCCCCC/C=C\CCCCCCCC)OC(=O)CCCCCCC/C=C\CCCCCCCC. The Balaban J connectivity index is 5.36. The monoisotopic (exact) mass is 1450 g/mol. The highest BCUT2D eigenvalue weighted by Crippen LogP contribution is 2.41. The summed E-state index contributed by atoms with van der Waals surface area (Å²) in [6, 6.07) is 0. The van der Waals surface area contributed by atoms with Crippen LogP contribution in [0, 0.1) is 0 Å². The minimum atomic E-state index is -5.24. The minimum absolute atomic E-state index is 0.0601. The Hall–Kier alpha value is -3.24. The van der Waals surface area contributed by atoms with Crippen LogP contribution in [-0.2, 0) is 65.4 Å². The largest absolute Gasteiger partial charge is 0.756 e. The highest BCUT2D eigenvalue weighted by atomic mass is 31.2. The minimum Gasteiger partial charge on any atom is -0.756 e. The fraction of sp³-hybridized carbons (Fsp3) is 0.827. The molecule has 100 heavy (non-hydrogen) atoms. The number of allylic oxidation sites excluding steroid dienone is 10. The number of rotatable bonds is 77. The van der Waals surface area contributed by atoms with E-state index in [1.165, 1.54) is 135 Å². The summed E-state index contributed by atoms with van der Waals surface area (Å²) in [5.74, 6) is -2.28. The number of aliphatic hydroxyl groups excluding tert-OH is 1. The Kier molecular flexibility index (Phi) is 71.6. The van der Waals surface area contributed by atoms with Gasteiger partial charge in [-0.05, 0) is 135 Å². The number of aliphatic hydroxyl groups is 1. The predicted octanol–water partition coefficient (Wildman–Crippen LogP) is 22.2. The highest BCUT2D eigenvalue weighted by molar-refractivity contribution is 7.46. The van der Waals surface area contributed by atoms with Gasteiger partial charge in [0.25, 0.3) is 15.6 Å². The van der Waals surface area contributed by atoms with E-state index >= 15 is 0 Å². The molecule has 19 heteroatoms. The Labute approximate surface area is 610 Å². The predicted molar refractivity (Wildman–Crippen MR) is 404 cm³/mol. The third kappa shape index (κ3) is 73.1. The van der Waals surface area contributed by atoms with Crippen LogP contribution in [0.15, 0.2) is 60.8 Å². The number of hydrogen-bond acceptors (Lipinski definition) is 17. The number of carbonyl (C=O) groups excluding carboxylic acids is 4. The van der Waals surface area contributed by atoms with Gasteiger partial charge in [-0.2, -0.15) is 0 Å². The van der Waals surface area contributed by atoms with E-state index in [2.05, 4.69) is 88.5 Å². The van der Waals surface area contributed by atoms with Gasteiger partial charge in [-0.1, -0.05) is 275 Å². The molecule has 0 aromatic carbocycles. The number of phosphoric ester groups is 2. The molecule has 0 aliphatic rings. The molecule has 0 aromatic heterocycles. The van der Waals surface area contributed by atoms with Crippen molar-refractivity contribution in [1.82, 2.24) is 0 Å². The zero-order valence-electron chi connectivity index (χ0n) is 63.8. The topological polar surface area (TPSA) is 243 Å². The second-order valence-electron chi connectivity index (χ2n) is 27.3. The Bertz CT molecular complexity index is 2130. The van der Waals surface area contributed by atoms with Gasteiger partial charge in [-0.15, -0.1) is 0 Å². The molecule has 0 aliphatic carbocycles. The quantitative estimate of drug-likeness (QED) is 0.0196. The number of hydrogen-bond donors (Lipinski definition) is 1. The van der Waals surface area contributed by atoms with Gasteiger partial charge < -0.3 is 51.9 Å². The van der Waals surface area contributed by atoms with Gasteiger partial charge in [0.15, 0.2) is 12.2 Å². The van der Waals surface area contributed by atoms with Crippen LogP contribution in [0.25, 0.3) is 0 Å². The molecule has 0 spiro atoms. The van der Waals surface area contributed by atoms with E-state index in [9.17, 15) is 43.2 Å². The Morgan fingerprint density at radius 2 is 0.500 bits per heavy atom. The van der Waals surface area contributed by atoms with Gasteiger partial charge in [0, 0.05) is 25.7 Å². The number of ether oxygens (including phenoxy) is 4. The highest BCUT2D eigenvalue weighted by Gasteiger charge is 2.25. The van der Waals surface area contributed by atoms with Crippen LogP contribution in [0.1, 0.15) is 374 Å². The van der Waals surface area contributed by atoms with Gasteiger partial charge in [0.1, 0.15) is 19.3 Å². The fourth-order valence-corrected chi connectivity index (χ4v) is 12.7. The van der Waals surface area contributed by atoms with Gasteiger partial charge in [0.05, 0.1) is 26.4 Å². The molecule has 0 saturated heterocycles. The summed E-state index contributed by atoms with van der Waals surface area (Å²) >= 11 is 0. The van der Waals surface area contributed by atoms with Gasteiger partial charge in [-0.25, -0.2) is 0 Å². The zero-order valence-corrected chi connectivity index (χ0v) is 65.6. The number of esters is 4. The maximum atomic E-state index is 13.0. The van der Waals surface area contributed by atoms with Crippen molar-refractivity contribution in [2.75, 3.05) is 39.6 Å². The van der Waals surface area contributed by atoms with Crippen molar-refractivity contribution in [1.29, 1.82) is 0 Å². The van der Waals surface area contributed by atoms with Crippen LogP contribution in [0.3, 0.4) is 0 Å². The van der Waals surface area contributed by atoms with Crippen LogP contribution in [-0.4, -0.2) is 86.9 Å². The second kappa shape index (κ2) is 74.0. The van der Waals surface area contributed by atoms with Crippen LogP contribution in [0.4, 0.5) is 0 Å². The molecule has 0 aliphatic heterocycles. The molecule has 5 atom stereocenters. The van der Waals surface area contributed by atoms with Gasteiger partial charge in [0.2, 0.25) is 0 Å². The smallest absolute Gasteiger partial charge is 0.306 e. The molecule has 0 saturated carbocycles. The number of carbonyl (C=O) groups is 4. The summed E-state index contributed by atoms with van der Waals surface area (Å²) in [6.45, 7) is 4.45. The summed E-state index contributed by atoms with van der Waals surface area (Å²) in [6.07, 6.45) is 72.7. The standard InChI is InChI=1S/C81H148O17P2/c1-5-9-13-17-21-25-29-33-37-41-45-49-53-57-61-65-78(83)91-71-76(97-80(85)67-63-59-55-51-47-43-39-35-31-27-23-19-15-11-7-3)73-95-99(87,88)93-69-75(82)70-94-100(89,90)96-74-77(98-81(86)68-64-60-56-52-48-44-40-36-32-28-24-20-16-12-8-4)72-92-79(84)66-62-58-54-50-46-42-38-34-30-26-22-18-14-10-6-2/h23,27,33-40,75-77,82H,5-22,24-26,28-32,41-74H2,1-4H3,(H,87,88)(H,89,90)/p-2/b27-23-,37-33-,38-34-,39-35-,40-36-/t75?,76-,77-/m1/s1. The molecule has 0 heterocycles. The second-order valence-corrected chi connectivity index (χ2v) is 30.1. The van der Waals surface area contributed by atoms with Crippen molar-refractivity contribution in [3.05, 3.63) is 60.8 Å². The molecule has 1 N–H and O–H groups in total. The average Bonchev–Trinajstić information content (AvgIpc) is 1.25. The van der Waals surface area contributed by atoms with Crippen molar-refractivity contribution in [3.63, 3.8) is 0 Å². The summed E-state index contributed by atoms with van der Waals surface area (Å²) in [4.78, 5) is 77.6. The maximum absolute atomic E-state index is 13.0. The van der Waals surface area contributed by atoms with Crippen LogP contribution >= 0.6 is 15.6 Å². The molecule has 0 radical (unpaired) electrons. The van der Waals surface area contributed by atoms with E-state index in [4.69, 9.17) is 37.0 Å². The summed E-state index contributed by atoms with van der Waals surface area (Å²) in [5.41, 5.74) is 0. The van der Waals surface area contributed by atoms with E-state index in [-0.39, 0.29) is 25.7 Å². The van der Waals surface area contributed by atoms with E-state index in [0.29, 0.717) is 25.7 Å². The normalized spacial score (nSPS) is 14.2. The molecule has 0 aromatic rings. The lowest BCUT2D eigenvalue weighted by molar-refractivity contribution is -0.233. The van der Waals surface area contributed by atoms with Crippen LogP contribution in [0.2, 0.25) is 0 Å². The molecule has 0 fully saturated rings. The lowest BCUT2D eigenvalue weighted by Crippen LogP contribution is -2.31. The Morgan fingerprint density at radius 3 is 0.780 bits per heavy atom. The summed E-state index contributed by atoms with van der Waals surface area (Å²) in [7, 11) is -10.5. The molecule has 0 rings (SSSR count). The van der Waals surface area contributed by atoms with E-state index in [1.54, 1.807) is 0 Å². The van der Waals surface area contributed by atoms with E-state index in [0.717, 1.165) is 161 Å².